The first-order valence-corrected chi connectivity index (χ1v) is 7.00. The van der Waals surface area contributed by atoms with Gasteiger partial charge in [-0.3, -0.25) is 0 Å². The van der Waals surface area contributed by atoms with E-state index >= 15 is 0 Å². The maximum absolute atomic E-state index is 5.38. The van der Waals surface area contributed by atoms with Crippen LogP contribution in [-0.4, -0.2) is 9.85 Å². The van der Waals surface area contributed by atoms with Crippen molar-refractivity contribution in [3.8, 4) is 0 Å². The minimum Gasteiger partial charge on any atom is -0.361 e. The molecule has 0 aliphatic heterocycles. The molecule has 2 heterocycles. The first kappa shape index (κ1) is 11.4. The van der Waals surface area contributed by atoms with Gasteiger partial charge in [0.2, 0.25) is 0 Å². The highest BCUT2D eigenvalue weighted by Crippen LogP contribution is 2.19. The van der Waals surface area contributed by atoms with Crippen LogP contribution in [0.2, 0.25) is 0 Å². The van der Waals surface area contributed by atoms with Gasteiger partial charge in [0, 0.05) is 27.5 Å². The van der Waals surface area contributed by atoms with E-state index in [-0.39, 0.29) is 0 Å². The van der Waals surface area contributed by atoms with E-state index < -0.39 is 0 Å². The topological polar surface area (TPSA) is 15.8 Å². The molecule has 1 nitrogen and oxygen atoms in total. The summed E-state index contributed by atoms with van der Waals surface area (Å²) in [5, 5.41) is 5.34. The molecule has 0 saturated heterocycles. The fraction of sp³-hybridized carbons (Fsp3) is 0. The minimum atomic E-state index is 0.876. The zero-order valence-electron chi connectivity index (χ0n) is 9.59. The molecule has 3 aromatic rings. The molecule has 3 rings (SSSR count). The molecule has 88 valence electrons. The molecule has 3 heteroatoms. The van der Waals surface area contributed by atoms with Crippen LogP contribution in [-0.2, 0) is 0 Å². The van der Waals surface area contributed by atoms with E-state index in [0.717, 1.165) is 15.9 Å². The highest BCUT2D eigenvalue weighted by atomic mass is 32.1. The molecule has 0 radical (unpaired) electrons. The minimum absolute atomic E-state index is 0.876. The molecule has 1 N–H and O–H groups in total. The predicted octanol–water partition coefficient (Wildman–Crippen LogP) is 4.66. The van der Waals surface area contributed by atoms with Gasteiger partial charge in [-0.2, -0.15) is 11.3 Å². The summed E-state index contributed by atoms with van der Waals surface area (Å²) in [6, 6.07) is 10.3. The van der Waals surface area contributed by atoms with E-state index in [9.17, 15) is 0 Å². The lowest BCUT2D eigenvalue weighted by atomic mass is 10.1. The number of thiocarbonyl (C=S) groups is 1. The highest BCUT2D eigenvalue weighted by Gasteiger charge is 2.00. The van der Waals surface area contributed by atoms with E-state index in [1.807, 2.05) is 35.9 Å². The van der Waals surface area contributed by atoms with Crippen LogP contribution in [0.1, 0.15) is 11.1 Å². The molecular formula is C15H11NS2. The monoisotopic (exact) mass is 269 g/mol. The first-order valence-electron chi connectivity index (χ1n) is 5.65. The first-order chi connectivity index (χ1) is 8.84. The van der Waals surface area contributed by atoms with Crippen LogP contribution in [0.25, 0.3) is 17.0 Å². The van der Waals surface area contributed by atoms with Crippen molar-refractivity contribution in [1.82, 2.24) is 4.98 Å². The van der Waals surface area contributed by atoms with Crippen LogP contribution >= 0.6 is 23.6 Å². The van der Waals surface area contributed by atoms with Crippen molar-refractivity contribution in [2.75, 3.05) is 0 Å². The van der Waals surface area contributed by atoms with Gasteiger partial charge in [0.25, 0.3) is 0 Å². The number of aromatic amines is 1. The van der Waals surface area contributed by atoms with E-state index in [2.05, 4.69) is 28.6 Å². The molecule has 18 heavy (non-hydrogen) atoms. The summed E-state index contributed by atoms with van der Waals surface area (Å²) >= 11 is 7.05. The Morgan fingerprint density at radius 2 is 2.11 bits per heavy atom. The summed E-state index contributed by atoms with van der Waals surface area (Å²) < 4.78 is 0. The maximum Gasteiger partial charge on any atom is 0.0460 e. The zero-order valence-corrected chi connectivity index (χ0v) is 11.2. The Kier molecular flexibility index (Phi) is 3.09. The van der Waals surface area contributed by atoms with E-state index in [0.29, 0.717) is 0 Å². The van der Waals surface area contributed by atoms with Crippen molar-refractivity contribution in [2.45, 2.75) is 0 Å². The third-order valence-electron chi connectivity index (χ3n) is 2.84. The predicted molar refractivity (Wildman–Crippen MR) is 83.4 cm³/mol. The Hall–Kier alpha value is -1.71. The molecule has 0 unspecified atom stereocenters. The summed E-state index contributed by atoms with van der Waals surface area (Å²) in [5.41, 5.74) is 3.44. The lowest BCUT2D eigenvalue weighted by molar-refractivity contribution is 1.47. The van der Waals surface area contributed by atoms with Crippen LogP contribution in [0, 0.1) is 0 Å². The number of H-pyrrole nitrogens is 1. The molecule has 0 amide bonds. The normalized spacial score (nSPS) is 11.3. The van der Waals surface area contributed by atoms with Crippen molar-refractivity contribution >= 4 is 45.4 Å². The molecule has 0 saturated carbocycles. The van der Waals surface area contributed by atoms with Gasteiger partial charge in [-0.25, -0.2) is 0 Å². The summed E-state index contributed by atoms with van der Waals surface area (Å²) in [7, 11) is 0. The van der Waals surface area contributed by atoms with Crippen LogP contribution < -0.4 is 0 Å². The third kappa shape index (κ3) is 2.15. The SMILES string of the molecule is S=C(/C=C/c1c[nH]c2ccccc12)c1ccsc1. The molecule has 2 aromatic heterocycles. The largest absolute Gasteiger partial charge is 0.361 e. The van der Waals surface area contributed by atoms with Gasteiger partial charge in [-0.1, -0.05) is 36.5 Å². The number of allylic oxidation sites excluding steroid dienone is 1. The Bertz CT molecular complexity index is 705. The van der Waals surface area contributed by atoms with E-state index in [4.69, 9.17) is 12.2 Å². The Balaban J connectivity index is 1.91. The molecule has 0 spiro atoms. The lowest BCUT2D eigenvalue weighted by Crippen LogP contribution is -1.87. The van der Waals surface area contributed by atoms with Crippen LogP contribution in [0.3, 0.4) is 0 Å². The number of benzene rings is 1. The number of fused-ring (bicyclic) bond motifs is 1. The smallest absolute Gasteiger partial charge is 0.0460 e. The molecular weight excluding hydrogens is 258 g/mol. The van der Waals surface area contributed by atoms with Gasteiger partial charge in [0.05, 0.1) is 0 Å². The van der Waals surface area contributed by atoms with E-state index in [1.54, 1.807) is 11.3 Å². The van der Waals surface area contributed by atoms with Gasteiger partial charge < -0.3 is 4.98 Å². The van der Waals surface area contributed by atoms with Crippen LogP contribution in [0.5, 0.6) is 0 Å². The summed E-state index contributed by atoms with van der Waals surface area (Å²) in [6.07, 6.45) is 6.07. The standard InChI is InChI=1S/C15H11NS2/c17-15(12-7-8-18-10-12)6-5-11-9-16-14-4-2-1-3-13(11)14/h1-10,16H/b6-5+. The van der Waals surface area contributed by atoms with Crippen molar-refractivity contribution in [3.05, 3.63) is 64.5 Å². The third-order valence-corrected chi connectivity index (χ3v) is 3.90. The van der Waals surface area contributed by atoms with Crippen molar-refractivity contribution in [2.24, 2.45) is 0 Å². The molecule has 0 atom stereocenters. The van der Waals surface area contributed by atoms with E-state index in [1.165, 1.54) is 10.9 Å². The van der Waals surface area contributed by atoms with Gasteiger partial charge in [0.15, 0.2) is 0 Å². The molecule has 0 bridgehead atoms. The lowest BCUT2D eigenvalue weighted by Gasteiger charge is -1.93. The highest BCUT2D eigenvalue weighted by molar-refractivity contribution is 7.81. The van der Waals surface area contributed by atoms with Crippen molar-refractivity contribution in [1.29, 1.82) is 0 Å². The Morgan fingerprint density at radius 3 is 2.94 bits per heavy atom. The van der Waals surface area contributed by atoms with Gasteiger partial charge >= 0.3 is 0 Å². The zero-order chi connectivity index (χ0) is 12.4. The molecule has 0 fully saturated rings. The number of hydrogen-bond donors (Lipinski definition) is 1. The average molecular weight is 269 g/mol. The summed E-state index contributed by atoms with van der Waals surface area (Å²) in [4.78, 5) is 4.13. The number of aromatic nitrogens is 1. The molecule has 0 aliphatic carbocycles. The number of rotatable bonds is 3. The number of hydrogen-bond acceptors (Lipinski definition) is 2. The fourth-order valence-electron chi connectivity index (χ4n) is 1.90. The van der Waals surface area contributed by atoms with Crippen molar-refractivity contribution < 1.29 is 0 Å². The quantitative estimate of drug-likeness (QED) is 0.415. The second-order valence-electron chi connectivity index (χ2n) is 4.00. The second kappa shape index (κ2) is 4.88. The fourth-order valence-corrected chi connectivity index (χ4v) is 2.82. The van der Waals surface area contributed by atoms with Crippen LogP contribution in [0.4, 0.5) is 0 Å². The van der Waals surface area contributed by atoms with Gasteiger partial charge in [-0.15, -0.1) is 0 Å². The number of nitrogens with one attached hydrogen (secondary N) is 1. The van der Waals surface area contributed by atoms with Gasteiger partial charge in [0.1, 0.15) is 0 Å². The summed E-state index contributed by atoms with van der Waals surface area (Å²) in [5.74, 6) is 0. The van der Waals surface area contributed by atoms with Gasteiger partial charge in [-0.05, 0) is 34.5 Å². The second-order valence-corrected chi connectivity index (χ2v) is 5.22. The molecule has 0 aliphatic rings. The number of thiophene rings is 1. The molecule has 1 aromatic carbocycles. The van der Waals surface area contributed by atoms with Crippen LogP contribution in [0.15, 0.2) is 53.4 Å². The number of para-hydroxylation sites is 1. The summed E-state index contributed by atoms with van der Waals surface area (Å²) in [6.45, 7) is 0. The maximum atomic E-state index is 5.38. The Morgan fingerprint density at radius 1 is 1.22 bits per heavy atom. The van der Waals surface area contributed by atoms with Crippen molar-refractivity contribution in [3.63, 3.8) is 0 Å². The average Bonchev–Trinajstić information content (AvgIpc) is 3.06. The Labute approximate surface area is 115 Å².